The molecule has 1 aromatic rings. The van der Waals surface area contributed by atoms with Gasteiger partial charge in [0, 0.05) is 11.7 Å². The van der Waals surface area contributed by atoms with Crippen LogP contribution in [-0.4, -0.2) is 24.5 Å². The van der Waals surface area contributed by atoms with E-state index in [4.69, 9.17) is 16.2 Å². The van der Waals surface area contributed by atoms with Crippen LogP contribution in [0.5, 0.6) is 5.75 Å². The van der Waals surface area contributed by atoms with Gasteiger partial charge in [-0.05, 0) is 44.0 Å². The number of carbonyl (C=O) groups is 2. The van der Waals surface area contributed by atoms with Gasteiger partial charge < -0.3 is 21.5 Å². The van der Waals surface area contributed by atoms with Crippen LogP contribution in [0.15, 0.2) is 24.3 Å². The molecule has 1 aromatic carbocycles. The Morgan fingerprint density at radius 2 is 2.05 bits per heavy atom. The molecule has 2 atom stereocenters. The van der Waals surface area contributed by atoms with Gasteiger partial charge in [-0.3, -0.25) is 9.59 Å². The van der Waals surface area contributed by atoms with Gasteiger partial charge in [-0.2, -0.15) is 0 Å². The molecule has 5 N–H and O–H groups in total. The molecule has 0 heterocycles. The number of hydrogen-bond donors (Lipinski definition) is 3. The molecule has 0 spiro atoms. The molecule has 0 saturated heterocycles. The third-order valence-corrected chi connectivity index (χ3v) is 4.04. The van der Waals surface area contributed by atoms with Crippen molar-refractivity contribution >= 4 is 17.5 Å². The van der Waals surface area contributed by atoms with E-state index in [1.807, 2.05) is 6.92 Å². The summed E-state index contributed by atoms with van der Waals surface area (Å²) in [5.74, 6) is -0.0654. The van der Waals surface area contributed by atoms with Crippen LogP contribution in [0, 0.1) is 5.41 Å². The van der Waals surface area contributed by atoms with Crippen LogP contribution in [0.1, 0.15) is 26.2 Å². The number of amides is 2. The minimum absolute atomic E-state index is 0.0571. The quantitative estimate of drug-likeness (QED) is 0.752. The molecule has 0 bridgehead atoms. The summed E-state index contributed by atoms with van der Waals surface area (Å²) in [6, 6.07) is 6.69. The monoisotopic (exact) mass is 291 g/mol. The molecule has 0 aliphatic heterocycles. The van der Waals surface area contributed by atoms with E-state index in [2.05, 4.69) is 5.32 Å². The van der Waals surface area contributed by atoms with Crippen LogP contribution < -0.4 is 21.5 Å². The summed E-state index contributed by atoms with van der Waals surface area (Å²) < 4.78 is 5.16. The fraction of sp³-hybridized carbons (Fsp3) is 0.467. The summed E-state index contributed by atoms with van der Waals surface area (Å²) in [4.78, 5) is 23.0. The summed E-state index contributed by atoms with van der Waals surface area (Å²) in [5, 5.41) is 2.88. The standard InChI is InChI=1S/C15H21N3O3/c1-15(8-2-3-12(15)16)14(20)18-10-4-6-11(7-5-10)21-9-13(17)19/h4-7,12H,2-3,8-9,16H2,1H3,(H2,17,19)(H,18,20). The predicted octanol–water partition coefficient (Wildman–Crippen LogP) is 1.01. The SMILES string of the molecule is CC1(C(=O)Nc2ccc(OCC(N)=O)cc2)CCCC1N. The minimum Gasteiger partial charge on any atom is -0.484 e. The van der Waals surface area contributed by atoms with Gasteiger partial charge in [0.25, 0.3) is 5.91 Å². The lowest BCUT2D eigenvalue weighted by Crippen LogP contribution is -2.44. The third-order valence-electron chi connectivity index (χ3n) is 4.04. The van der Waals surface area contributed by atoms with E-state index < -0.39 is 11.3 Å². The maximum atomic E-state index is 12.4. The largest absolute Gasteiger partial charge is 0.484 e. The van der Waals surface area contributed by atoms with Crippen molar-refractivity contribution in [3.63, 3.8) is 0 Å². The van der Waals surface area contributed by atoms with E-state index in [0.29, 0.717) is 11.4 Å². The van der Waals surface area contributed by atoms with Crippen LogP contribution in [0.3, 0.4) is 0 Å². The normalized spacial score (nSPS) is 24.6. The predicted molar refractivity (Wildman–Crippen MR) is 79.7 cm³/mol. The van der Waals surface area contributed by atoms with Crippen molar-refractivity contribution in [2.45, 2.75) is 32.2 Å². The molecular formula is C15H21N3O3. The molecule has 2 unspecified atom stereocenters. The number of nitrogens with one attached hydrogen (secondary N) is 1. The Labute approximate surface area is 123 Å². The molecule has 6 nitrogen and oxygen atoms in total. The highest BCUT2D eigenvalue weighted by Crippen LogP contribution is 2.37. The Balaban J connectivity index is 1.97. The smallest absolute Gasteiger partial charge is 0.255 e. The maximum Gasteiger partial charge on any atom is 0.255 e. The molecule has 2 rings (SSSR count). The average molecular weight is 291 g/mol. The number of primary amides is 1. The topological polar surface area (TPSA) is 107 Å². The molecule has 1 fully saturated rings. The average Bonchev–Trinajstić information content (AvgIpc) is 2.79. The van der Waals surface area contributed by atoms with E-state index in [1.54, 1.807) is 24.3 Å². The zero-order valence-corrected chi connectivity index (χ0v) is 12.1. The summed E-state index contributed by atoms with van der Waals surface area (Å²) in [6.45, 7) is 1.74. The molecule has 6 heteroatoms. The molecule has 1 aliphatic carbocycles. The zero-order chi connectivity index (χ0) is 15.5. The molecule has 0 aromatic heterocycles. The van der Waals surface area contributed by atoms with Crippen molar-refractivity contribution in [2.75, 3.05) is 11.9 Å². The first-order valence-corrected chi connectivity index (χ1v) is 7.00. The van der Waals surface area contributed by atoms with Gasteiger partial charge in [-0.25, -0.2) is 0 Å². The summed E-state index contributed by atoms with van der Waals surface area (Å²) in [7, 11) is 0. The van der Waals surface area contributed by atoms with Crippen LogP contribution in [0.2, 0.25) is 0 Å². The second kappa shape index (κ2) is 6.13. The van der Waals surface area contributed by atoms with Crippen molar-refractivity contribution in [3.8, 4) is 5.75 Å². The Morgan fingerprint density at radius 3 is 2.57 bits per heavy atom. The molecule has 2 amide bonds. The molecular weight excluding hydrogens is 270 g/mol. The number of nitrogens with two attached hydrogens (primary N) is 2. The number of carbonyl (C=O) groups excluding carboxylic acids is 2. The molecule has 21 heavy (non-hydrogen) atoms. The van der Waals surface area contributed by atoms with Crippen molar-refractivity contribution in [1.29, 1.82) is 0 Å². The van der Waals surface area contributed by atoms with Crippen molar-refractivity contribution in [3.05, 3.63) is 24.3 Å². The van der Waals surface area contributed by atoms with Gasteiger partial charge in [0.1, 0.15) is 5.75 Å². The second-order valence-corrected chi connectivity index (χ2v) is 5.65. The Morgan fingerprint density at radius 1 is 1.38 bits per heavy atom. The third kappa shape index (κ3) is 3.52. The van der Waals surface area contributed by atoms with E-state index in [1.165, 1.54) is 0 Å². The second-order valence-electron chi connectivity index (χ2n) is 5.65. The van der Waals surface area contributed by atoms with E-state index in [9.17, 15) is 9.59 Å². The van der Waals surface area contributed by atoms with Crippen molar-refractivity contribution < 1.29 is 14.3 Å². The van der Waals surface area contributed by atoms with Crippen LogP contribution in [-0.2, 0) is 9.59 Å². The fourth-order valence-electron chi connectivity index (χ4n) is 2.54. The lowest BCUT2D eigenvalue weighted by Gasteiger charge is -2.27. The molecule has 114 valence electrons. The lowest BCUT2D eigenvalue weighted by molar-refractivity contribution is -0.125. The van der Waals surface area contributed by atoms with Crippen LogP contribution in [0.25, 0.3) is 0 Å². The highest BCUT2D eigenvalue weighted by molar-refractivity contribution is 5.95. The number of rotatable bonds is 5. The highest BCUT2D eigenvalue weighted by Gasteiger charge is 2.42. The summed E-state index contributed by atoms with van der Waals surface area (Å²) in [5.41, 5.74) is 11.2. The van der Waals surface area contributed by atoms with Gasteiger partial charge >= 0.3 is 0 Å². The zero-order valence-electron chi connectivity index (χ0n) is 12.1. The first kappa shape index (κ1) is 15.3. The van der Waals surface area contributed by atoms with Gasteiger partial charge in [-0.1, -0.05) is 6.42 Å². The number of benzene rings is 1. The summed E-state index contributed by atoms with van der Waals surface area (Å²) in [6.07, 6.45) is 2.66. The highest BCUT2D eigenvalue weighted by atomic mass is 16.5. The lowest BCUT2D eigenvalue weighted by atomic mass is 9.84. The Hall–Kier alpha value is -2.08. The van der Waals surface area contributed by atoms with E-state index >= 15 is 0 Å². The molecule has 1 saturated carbocycles. The van der Waals surface area contributed by atoms with Crippen molar-refractivity contribution in [1.82, 2.24) is 0 Å². The number of ether oxygens (including phenoxy) is 1. The van der Waals surface area contributed by atoms with E-state index in [0.717, 1.165) is 19.3 Å². The van der Waals surface area contributed by atoms with Gasteiger partial charge in [0.05, 0.1) is 5.41 Å². The van der Waals surface area contributed by atoms with Crippen LogP contribution >= 0.6 is 0 Å². The molecule has 0 radical (unpaired) electrons. The van der Waals surface area contributed by atoms with Crippen molar-refractivity contribution in [2.24, 2.45) is 16.9 Å². The molecule has 1 aliphatic rings. The first-order valence-electron chi connectivity index (χ1n) is 7.00. The van der Waals surface area contributed by atoms with Gasteiger partial charge in [0.2, 0.25) is 5.91 Å². The number of anilines is 1. The van der Waals surface area contributed by atoms with Gasteiger partial charge in [-0.15, -0.1) is 0 Å². The van der Waals surface area contributed by atoms with E-state index in [-0.39, 0.29) is 18.6 Å². The number of hydrogen-bond acceptors (Lipinski definition) is 4. The van der Waals surface area contributed by atoms with Crippen LogP contribution in [0.4, 0.5) is 5.69 Å². The maximum absolute atomic E-state index is 12.4. The summed E-state index contributed by atoms with van der Waals surface area (Å²) >= 11 is 0. The van der Waals surface area contributed by atoms with Gasteiger partial charge in [0.15, 0.2) is 6.61 Å². The fourth-order valence-corrected chi connectivity index (χ4v) is 2.54. The Kier molecular flexibility index (Phi) is 4.47. The first-order chi connectivity index (χ1) is 9.91. The minimum atomic E-state index is -0.532. The Bertz CT molecular complexity index is 529.